The number of aliphatic carboxylic acids is 1. The molecule has 1 amide bonds. The fraction of sp³-hybridized carbons (Fsp3) is 0.400. The molecule has 2 N–H and O–H groups in total. The zero-order chi connectivity index (χ0) is 15.2. The minimum atomic E-state index is -0.814. The molecule has 110 valence electrons. The fourth-order valence-corrected chi connectivity index (χ4v) is 2.43. The predicted molar refractivity (Wildman–Crippen MR) is 73.6 cm³/mol. The Labute approximate surface area is 122 Å². The molecule has 1 saturated carbocycles. The number of nitrogens with zero attached hydrogens (tertiary/aromatic N) is 1. The van der Waals surface area contributed by atoms with Crippen molar-refractivity contribution < 1.29 is 19.4 Å². The van der Waals surface area contributed by atoms with Crippen LogP contribution in [0.4, 0.5) is 0 Å². The van der Waals surface area contributed by atoms with Crippen molar-refractivity contribution >= 4 is 11.9 Å². The standard InChI is InChI=1S/C15H16N2O4/c16-8-11-3-1-2-4-13(11)21-9-14(18)17-12-6-5-10(7-12)15(19)20/h1-4,10,12H,5-7,9H2,(H,17,18)(H,19,20)/t10-,12+/m1/s1. The summed E-state index contributed by atoms with van der Waals surface area (Å²) in [4.78, 5) is 22.6. The lowest BCUT2D eigenvalue weighted by molar-refractivity contribution is -0.141. The van der Waals surface area contributed by atoms with E-state index < -0.39 is 5.97 Å². The van der Waals surface area contributed by atoms with Crippen molar-refractivity contribution in [1.29, 1.82) is 5.26 Å². The Kier molecular flexibility index (Phi) is 4.77. The van der Waals surface area contributed by atoms with E-state index >= 15 is 0 Å². The summed E-state index contributed by atoms with van der Waals surface area (Å²) in [5.41, 5.74) is 0.372. The van der Waals surface area contributed by atoms with Gasteiger partial charge in [-0.3, -0.25) is 9.59 Å². The first-order chi connectivity index (χ1) is 10.1. The summed E-state index contributed by atoms with van der Waals surface area (Å²) in [6.07, 6.45) is 1.70. The van der Waals surface area contributed by atoms with Crippen molar-refractivity contribution in [3.05, 3.63) is 29.8 Å². The third-order valence-corrected chi connectivity index (χ3v) is 3.51. The molecule has 1 fully saturated rings. The molecule has 1 aromatic carbocycles. The third kappa shape index (κ3) is 3.96. The van der Waals surface area contributed by atoms with Gasteiger partial charge in [0.25, 0.3) is 5.91 Å². The van der Waals surface area contributed by atoms with Crippen molar-refractivity contribution in [2.24, 2.45) is 5.92 Å². The molecule has 1 aliphatic carbocycles. The summed E-state index contributed by atoms with van der Waals surface area (Å²) in [7, 11) is 0. The van der Waals surface area contributed by atoms with Crippen LogP contribution >= 0.6 is 0 Å². The van der Waals surface area contributed by atoms with Crippen LogP contribution in [0.2, 0.25) is 0 Å². The second-order valence-corrected chi connectivity index (χ2v) is 5.01. The van der Waals surface area contributed by atoms with E-state index in [4.69, 9.17) is 15.1 Å². The average Bonchev–Trinajstić information content (AvgIpc) is 2.94. The molecule has 0 saturated heterocycles. The van der Waals surface area contributed by atoms with Crippen molar-refractivity contribution in [1.82, 2.24) is 5.32 Å². The zero-order valence-corrected chi connectivity index (χ0v) is 11.4. The smallest absolute Gasteiger partial charge is 0.306 e. The highest BCUT2D eigenvalue weighted by atomic mass is 16.5. The average molecular weight is 288 g/mol. The quantitative estimate of drug-likeness (QED) is 0.851. The van der Waals surface area contributed by atoms with E-state index in [1.165, 1.54) is 0 Å². The SMILES string of the molecule is N#Cc1ccccc1OCC(=O)N[C@H]1CC[C@@H](C(=O)O)C1. The van der Waals surface area contributed by atoms with Crippen LogP contribution in [0.1, 0.15) is 24.8 Å². The Balaban J connectivity index is 1.81. The van der Waals surface area contributed by atoms with E-state index in [1.54, 1.807) is 24.3 Å². The number of carbonyl (C=O) groups excluding carboxylic acids is 1. The molecule has 0 radical (unpaired) electrons. The number of carboxylic acid groups (broad SMARTS) is 1. The summed E-state index contributed by atoms with van der Waals surface area (Å²) in [5.74, 6) is -1.13. The van der Waals surface area contributed by atoms with Crippen LogP contribution in [0.15, 0.2) is 24.3 Å². The number of para-hydroxylation sites is 1. The van der Waals surface area contributed by atoms with Crippen molar-refractivity contribution in [3.8, 4) is 11.8 Å². The molecule has 0 aromatic heterocycles. The van der Waals surface area contributed by atoms with Crippen molar-refractivity contribution in [3.63, 3.8) is 0 Å². The van der Waals surface area contributed by atoms with Gasteiger partial charge < -0.3 is 15.2 Å². The molecule has 0 bridgehead atoms. The number of ether oxygens (including phenoxy) is 1. The molecule has 1 aromatic rings. The number of amides is 1. The van der Waals surface area contributed by atoms with Gasteiger partial charge in [-0.25, -0.2) is 0 Å². The van der Waals surface area contributed by atoms with Gasteiger partial charge in [-0.05, 0) is 31.4 Å². The molecular formula is C15H16N2O4. The molecular weight excluding hydrogens is 272 g/mol. The van der Waals surface area contributed by atoms with Crippen LogP contribution in [-0.4, -0.2) is 29.6 Å². The highest BCUT2D eigenvalue weighted by molar-refractivity contribution is 5.78. The first kappa shape index (κ1) is 14.9. The van der Waals surface area contributed by atoms with Crippen LogP contribution in [0.3, 0.4) is 0 Å². The van der Waals surface area contributed by atoms with Crippen molar-refractivity contribution in [2.75, 3.05) is 6.61 Å². The van der Waals surface area contributed by atoms with Crippen LogP contribution < -0.4 is 10.1 Å². The van der Waals surface area contributed by atoms with Gasteiger partial charge in [-0.1, -0.05) is 12.1 Å². The summed E-state index contributed by atoms with van der Waals surface area (Å²) in [6, 6.07) is 8.55. The second kappa shape index (κ2) is 6.75. The number of carbonyl (C=O) groups is 2. The molecule has 1 aliphatic rings. The first-order valence-electron chi connectivity index (χ1n) is 6.74. The Morgan fingerprint density at radius 3 is 2.81 bits per heavy atom. The summed E-state index contributed by atoms with van der Waals surface area (Å²) in [5, 5.41) is 20.6. The third-order valence-electron chi connectivity index (χ3n) is 3.51. The highest BCUT2D eigenvalue weighted by Crippen LogP contribution is 2.25. The topological polar surface area (TPSA) is 99.4 Å². The van der Waals surface area contributed by atoms with Gasteiger partial charge in [0.05, 0.1) is 11.5 Å². The molecule has 2 atom stereocenters. The number of nitrogens with one attached hydrogen (secondary N) is 1. The lowest BCUT2D eigenvalue weighted by atomic mass is 10.1. The fourth-order valence-electron chi connectivity index (χ4n) is 2.43. The molecule has 2 rings (SSSR count). The molecule has 0 spiro atoms. The Morgan fingerprint density at radius 2 is 2.14 bits per heavy atom. The van der Waals surface area contributed by atoms with E-state index in [0.717, 1.165) is 0 Å². The van der Waals surface area contributed by atoms with Gasteiger partial charge in [-0.15, -0.1) is 0 Å². The maximum absolute atomic E-state index is 11.8. The van der Waals surface area contributed by atoms with E-state index in [9.17, 15) is 9.59 Å². The summed E-state index contributed by atoms with van der Waals surface area (Å²) < 4.78 is 5.32. The van der Waals surface area contributed by atoms with Gasteiger partial charge in [0, 0.05) is 6.04 Å². The van der Waals surface area contributed by atoms with Gasteiger partial charge in [0.15, 0.2) is 6.61 Å². The number of benzene rings is 1. The molecule has 0 aliphatic heterocycles. The van der Waals surface area contributed by atoms with E-state index in [1.807, 2.05) is 6.07 Å². The maximum Gasteiger partial charge on any atom is 0.306 e. The van der Waals surface area contributed by atoms with E-state index in [0.29, 0.717) is 30.6 Å². The maximum atomic E-state index is 11.8. The molecule has 0 unspecified atom stereocenters. The number of hydrogen-bond donors (Lipinski definition) is 2. The summed E-state index contributed by atoms with van der Waals surface area (Å²) >= 11 is 0. The lowest BCUT2D eigenvalue weighted by Crippen LogP contribution is -2.36. The minimum Gasteiger partial charge on any atom is -0.482 e. The monoisotopic (exact) mass is 288 g/mol. The molecule has 0 heterocycles. The Morgan fingerprint density at radius 1 is 1.38 bits per heavy atom. The Hall–Kier alpha value is -2.55. The minimum absolute atomic E-state index is 0.117. The number of hydrogen-bond acceptors (Lipinski definition) is 4. The normalized spacial score (nSPS) is 20.5. The van der Waals surface area contributed by atoms with E-state index in [-0.39, 0.29) is 24.5 Å². The van der Waals surface area contributed by atoms with E-state index in [2.05, 4.69) is 5.32 Å². The van der Waals surface area contributed by atoms with Crippen LogP contribution in [0, 0.1) is 17.2 Å². The largest absolute Gasteiger partial charge is 0.482 e. The highest BCUT2D eigenvalue weighted by Gasteiger charge is 2.30. The van der Waals surface area contributed by atoms with Gasteiger partial charge in [-0.2, -0.15) is 5.26 Å². The number of nitriles is 1. The zero-order valence-electron chi connectivity index (χ0n) is 11.4. The Bertz CT molecular complexity index is 579. The number of rotatable bonds is 5. The molecule has 6 heteroatoms. The second-order valence-electron chi connectivity index (χ2n) is 5.01. The van der Waals surface area contributed by atoms with Crippen LogP contribution in [0.5, 0.6) is 5.75 Å². The number of carboxylic acids is 1. The van der Waals surface area contributed by atoms with Crippen LogP contribution in [-0.2, 0) is 9.59 Å². The predicted octanol–water partition coefficient (Wildman–Crippen LogP) is 1.31. The lowest BCUT2D eigenvalue weighted by Gasteiger charge is -2.13. The van der Waals surface area contributed by atoms with Gasteiger partial charge in [0.2, 0.25) is 0 Å². The van der Waals surface area contributed by atoms with Gasteiger partial charge in [0.1, 0.15) is 11.8 Å². The van der Waals surface area contributed by atoms with Gasteiger partial charge >= 0.3 is 5.97 Å². The molecule has 21 heavy (non-hydrogen) atoms. The summed E-state index contributed by atoms with van der Waals surface area (Å²) in [6.45, 7) is -0.188. The van der Waals surface area contributed by atoms with Crippen molar-refractivity contribution in [2.45, 2.75) is 25.3 Å². The first-order valence-corrected chi connectivity index (χ1v) is 6.74. The van der Waals surface area contributed by atoms with Crippen LogP contribution in [0.25, 0.3) is 0 Å². The molecule has 6 nitrogen and oxygen atoms in total.